The number of rotatable bonds is 4. The van der Waals surface area contributed by atoms with Crippen LogP contribution in [0, 0.1) is 0 Å². The fraction of sp³-hybridized carbons (Fsp3) is 0.143. The molecule has 0 aliphatic carbocycles. The average molecular weight is 355 g/mol. The summed E-state index contributed by atoms with van der Waals surface area (Å²) in [5.74, 6) is -0.0143. The molecule has 0 N–H and O–H groups in total. The second-order valence-electron chi connectivity index (χ2n) is 6.60. The van der Waals surface area contributed by atoms with Crippen molar-refractivity contribution in [2.24, 2.45) is 0 Å². The smallest absolute Gasteiger partial charge is 0.273 e. The number of carbonyl (C=O) groups excluding carboxylic acids is 1. The van der Waals surface area contributed by atoms with E-state index in [2.05, 4.69) is 15.0 Å². The molecule has 0 fully saturated rings. The molecule has 4 aromatic rings. The molecule has 6 nitrogen and oxygen atoms in total. The van der Waals surface area contributed by atoms with E-state index >= 15 is 0 Å². The molecular formula is C21H17N5O. The van der Waals surface area contributed by atoms with Gasteiger partial charge in [0, 0.05) is 61.6 Å². The van der Waals surface area contributed by atoms with Crippen molar-refractivity contribution in [2.75, 3.05) is 6.54 Å². The van der Waals surface area contributed by atoms with E-state index in [1.165, 1.54) is 0 Å². The lowest BCUT2D eigenvalue weighted by molar-refractivity contribution is 0.0776. The number of pyridine rings is 3. The Kier molecular flexibility index (Phi) is 3.67. The van der Waals surface area contributed by atoms with Crippen LogP contribution in [0.5, 0.6) is 0 Å². The largest absolute Gasteiger partial charge is 0.332 e. The Morgan fingerprint density at radius 2 is 2.04 bits per heavy atom. The lowest BCUT2D eigenvalue weighted by Gasteiger charge is -2.14. The van der Waals surface area contributed by atoms with Crippen molar-refractivity contribution in [1.82, 2.24) is 24.3 Å². The summed E-state index contributed by atoms with van der Waals surface area (Å²) in [6, 6.07) is 11.8. The van der Waals surface area contributed by atoms with E-state index in [9.17, 15) is 4.79 Å². The number of nitrogens with zero attached hydrogens (tertiary/aromatic N) is 5. The molecule has 5 rings (SSSR count). The quantitative estimate of drug-likeness (QED) is 0.565. The van der Waals surface area contributed by atoms with Crippen LogP contribution in [0.1, 0.15) is 21.7 Å². The maximum Gasteiger partial charge on any atom is 0.273 e. The minimum Gasteiger partial charge on any atom is -0.332 e. The van der Waals surface area contributed by atoms with Crippen LogP contribution in [0.25, 0.3) is 16.8 Å². The van der Waals surface area contributed by atoms with Gasteiger partial charge in [-0.25, -0.2) is 4.98 Å². The molecule has 1 aliphatic heterocycles. The summed E-state index contributed by atoms with van der Waals surface area (Å²) in [6.07, 6.45) is 9.97. The standard InChI is InChI=1S/C21H17N5O/c27-21-20-18(17(6-9-23-20)15-4-3-8-22-12-15)14-26(21)11-7-16-13-25-10-2-1-5-19(25)24-16/h1-6,8-10,12-13H,7,11,14H2. The molecule has 27 heavy (non-hydrogen) atoms. The van der Waals surface area contributed by atoms with Crippen LogP contribution in [0.15, 0.2) is 67.4 Å². The molecule has 0 saturated heterocycles. The summed E-state index contributed by atoms with van der Waals surface area (Å²) in [5.41, 5.74) is 5.45. The first-order valence-corrected chi connectivity index (χ1v) is 8.90. The molecule has 4 aromatic heterocycles. The van der Waals surface area contributed by atoms with Gasteiger partial charge in [-0.1, -0.05) is 12.1 Å². The molecule has 132 valence electrons. The maximum absolute atomic E-state index is 12.8. The lowest BCUT2D eigenvalue weighted by Crippen LogP contribution is -2.26. The third-order valence-corrected chi connectivity index (χ3v) is 4.92. The van der Waals surface area contributed by atoms with Gasteiger partial charge in [0.05, 0.1) is 5.69 Å². The van der Waals surface area contributed by atoms with Crippen molar-refractivity contribution < 1.29 is 4.79 Å². The van der Waals surface area contributed by atoms with Gasteiger partial charge >= 0.3 is 0 Å². The number of hydrogen-bond acceptors (Lipinski definition) is 4. The highest BCUT2D eigenvalue weighted by Crippen LogP contribution is 2.31. The fourth-order valence-electron chi connectivity index (χ4n) is 3.58. The highest BCUT2D eigenvalue weighted by molar-refractivity contribution is 5.98. The van der Waals surface area contributed by atoms with Gasteiger partial charge in [0.2, 0.25) is 0 Å². The monoisotopic (exact) mass is 355 g/mol. The van der Waals surface area contributed by atoms with Gasteiger partial charge in [0.15, 0.2) is 0 Å². The van der Waals surface area contributed by atoms with Crippen molar-refractivity contribution in [3.63, 3.8) is 0 Å². The highest BCUT2D eigenvalue weighted by Gasteiger charge is 2.30. The molecule has 6 heteroatoms. The van der Waals surface area contributed by atoms with Crippen molar-refractivity contribution in [3.8, 4) is 11.1 Å². The van der Waals surface area contributed by atoms with Crippen LogP contribution in [-0.2, 0) is 13.0 Å². The van der Waals surface area contributed by atoms with Crippen LogP contribution < -0.4 is 0 Å². The minimum absolute atomic E-state index is 0.0143. The Hall–Kier alpha value is -3.54. The van der Waals surface area contributed by atoms with Crippen molar-refractivity contribution in [3.05, 3.63) is 84.3 Å². The second-order valence-corrected chi connectivity index (χ2v) is 6.60. The summed E-state index contributed by atoms with van der Waals surface area (Å²) in [4.78, 5) is 27.8. The molecule has 0 aromatic carbocycles. The Morgan fingerprint density at radius 3 is 2.89 bits per heavy atom. The van der Waals surface area contributed by atoms with E-state index in [-0.39, 0.29) is 5.91 Å². The molecule has 0 bridgehead atoms. The van der Waals surface area contributed by atoms with Crippen LogP contribution >= 0.6 is 0 Å². The SMILES string of the molecule is O=C1c2nccc(-c3cccnc3)c2CN1CCc1cn2ccccc2n1. The van der Waals surface area contributed by atoms with Crippen LogP contribution in [0.2, 0.25) is 0 Å². The minimum atomic E-state index is -0.0143. The Morgan fingerprint density at radius 1 is 1.07 bits per heavy atom. The van der Waals surface area contributed by atoms with Crippen LogP contribution in [-0.4, -0.2) is 36.7 Å². The van der Waals surface area contributed by atoms with Gasteiger partial charge < -0.3 is 9.30 Å². The van der Waals surface area contributed by atoms with Gasteiger partial charge in [-0.15, -0.1) is 0 Å². The van der Waals surface area contributed by atoms with E-state index in [1.807, 2.05) is 64.3 Å². The van der Waals surface area contributed by atoms with E-state index in [0.717, 1.165) is 28.0 Å². The highest BCUT2D eigenvalue weighted by atomic mass is 16.2. The number of carbonyl (C=O) groups is 1. The lowest BCUT2D eigenvalue weighted by atomic mass is 10.0. The summed E-state index contributed by atoms with van der Waals surface area (Å²) < 4.78 is 2.00. The average Bonchev–Trinajstić information content (AvgIpc) is 3.27. The first-order chi connectivity index (χ1) is 13.3. The zero-order valence-corrected chi connectivity index (χ0v) is 14.6. The first kappa shape index (κ1) is 15.7. The summed E-state index contributed by atoms with van der Waals surface area (Å²) in [5, 5.41) is 0. The summed E-state index contributed by atoms with van der Waals surface area (Å²) in [7, 11) is 0. The van der Waals surface area contributed by atoms with E-state index < -0.39 is 0 Å². The molecule has 0 atom stereocenters. The predicted octanol–water partition coefficient (Wildman–Crippen LogP) is 2.99. The van der Waals surface area contributed by atoms with Gasteiger partial charge in [-0.05, 0) is 29.8 Å². The normalized spacial score (nSPS) is 13.3. The topological polar surface area (TPSA) is 63.4 Å². The summed E-state index contributed by atoms with van der Waals surface area (Å²) in [6.45, 7) is 1.19. The number of amides is 1. The maximum atomic E-state index is 12.8. The first-order valence-electron chi connectivity index (χ1n) is 8.90. The molecule has 0 radical (unpaired) electrons. The second kappa shape index (κ2) is 6.32. The van der Waals surface area contributed by atoms with Gasteiger partial charge in [0.25, 0.3) is 5.91 Å². The Balaban J connectivity index is 1.38. The van der Waals surface area contributed by atoms with Gasteiger partial charge in [-0.2, -0.15) is 0 Å². The number of aromatic nitrogens is 4. The Bertz CT molecular complexity index is 1100. The molecular weight excluding hydrogens is 338 g/mol. The molecule has 0 unspecified atom stereocenters. The molecule has 1 aliphatic rings. The van der Waals surface area contributed by atoms with Crippen molar-refractivity contribution in [2.45, 2.75) is 13.0 Å². The van der Waals surface area contributed by atoms with Crippen LogP contribution in [0.3, 0.4) is 0 Å². The molecule has 0 spiro atoms. The van der Waals surface area contributed by atoms with Gasteiger partial charge in [-0.3, -0.25) is 14.8 Å². The van der Waals surface area contributed by atoms with Crippen LogP contribution in [0.4, 0.5) is 0 Å². The number of fused-ring (bicyclic) bond motifs is 2. The van der Waals surface area contributed by atoms with Gasteiger partial charge in [0.1, 0.15) is 11.3 Å². The number of hydrogen-bond donors (Lipinski definition) is 0. The Labute approximate surface area is 156 Å². The zero-order chi connectivity index (χ0) is 18.2. The molecule has 1 amide bonds. The molecule has 5 heterocycles. The van der Waals surface area contributed by atoms with E-state index in [1.54, 1.807) is 12.4 Å². The van der Waals surface area contributed by atoms with E-state index in [0.29, 0.717) is 25.2 Å². The molecule has 0 saturated carbocycles. The third kappa shape index (κ3) is 2.75. The number of imidazole rings is 1. The third-order valence-electron chi connectivity index (χ3n) is 4.92. The zero-order valence-electron chi connectivity index (χ0n) is 14.6. The van der Waals surface area contributed by atoms with E-state index in [4.69, 9.17) is 0 Å². The van der Waals surface area contributed by atoms with Crippen molar-refractivity contribution >= 4 is 11.6 Å². The van der Waals surface area contributed by atoms with Crippen molar-refractivity contribution in [1.29, 1.82) is 0 Å². The fourth-order valence-corrected chi connectivity index (χ4v) is 3.58. The predicted molar refractivity (Wildman–Crippen MR) is 101 cm³/mol. The summed E-state index contributed by atoms with van der Waals surface area (Å²) >= 11 is 0.